The van der Waals surface area contributed by atoms with Gasteiger partial charge in [-0.25, -0.2) is 18.1 Å². The molecular formula is C20H23N5O4S2. The number of benzene rings is 2. The molecule has 0 spiro atoms. The molecule has 164 valence electrons. The summed E-state index contributed by atoms with van der Waals surface area (Å²) in [6, 6.07) is 13.9. The highest BCUT2D eigenvalue weighted by Crippen LogP contribution is 2.25. The smallest absolute Gasteiger partial charge is 0.251 e. The molecule has 3 aromatic rings. The van der Waals surface area contributed by atoms with E-state index in [1.165, 1.54) is 37.1 Å². The maximum Gasteiger partial charge on any atom is 0.251 e. The Kier molecular flexibility index (Phi) is 7.66. The summed E-state index contributed by atoms with van der Waals surface area (Å²) < 4.78 is 33.2. The SMILES string of the molecule is CCNC(=O)c1ccc(OC)c(S(=O)(=O)NCCSc2n[nH]c(-c3ccccc3)n2)c1. The van der Waals surface area contributed by atoms with Crippen LogP contribution < -0.4 is 14.8 Å². The molecule has 2 aromatic carbocycles. The third-order valence-electron chi connectivity index (χ3n) is 4.19. The maximum atomic E-state index is 12.8. The van der Waals surface area contributed by atoms with Crippen molar-refractivity contribution in [3.8, 4) is 17.1 Å². The lowest BCUT2D eigenvalue weighted by atomic mass is 10.2. The Morgan fingerprint density at radius 2 is 1.97 bits per heavy atom. The van der Waals surface area contributed by atoms with Crippen LogP contribution in [0.3, 0.4) is 0 Å². The van der Waals surface area contributed by atoms with E-state index in [0.29, 0.717) is 23.3 Å². The number of hydrogen-bond donors (Lipinski definition) is 3. The van der Waals surface area contributed by atoms with Crippen LogP contribution in [-0.4, -0.2) is 55.5 Å². The zero-order valence-electron chi connectivity index (χ0n) is 17.1. The molecule has 0 radical (unpaired) electrons. The first-order chi connectivity index (χ1) is 14.9. The number of methoxy groups -OCH3 is 1. The van der Waals surface area contributed by atoms with E-state index >= 15 is 0 Å². The molecule has 11 heteroatoms. The van der Waals surface area contributed by atoms with E-state index < -0.39 is 10.0 Å². The van der Waals surface area contributed by atoms with Crippen LogP contribution in [0.15, 0.2) is 58.6 Å². The molecule has 0 unspecified atom stereocenters. The van der Waals surface area contributed by atoms with Crippen LogP contribution in [-0.2, 0) is 10.0 Å². The summed E-state index contributed by atoms with van der Waals surface area (Å²) in [5, 5.41) is 10.2. The van der Waals surface area contributed by atoms with Crippen molar-refractivity contribution < 1.29 is 17.9 Å². The van der Waals surface area contributed by atoms with Crippen molar-refractivity contribution >= 4 is 27.7 Å². The monoisotopic (exact) mass is 461 g/mol. The fourth-order valence-corrected chi connectivity index (χ4v) is 4.73. The van der Waals surface area contributed by atoms with Gasteiger partial charge in [-0.3, -0.25) is 9.89 Å². The molecule has 0 fully saturated rings. The Morgan fingerprint density at radius 1 is 1.19 bits per heavy atom. The van der Waals surface area contributed by atoms with E-state index in [9.17, 15) is 13.2 Å². The molecule has 1 aromatic heterocycles. The lowest BCUT2D eigenvalue weighted by Crippen LogP contribution is -2.27. The highest BCUT2D eigenvalue weighted by Gasteiger charge is 2.21. The lowest BCUT2D eigenvalue weighted by Gasteiger charge is -2.12. The predicted molar refractivity (Wildman–Crippen MR) is 119 cm³/mol. The summed E-state index contributed by atoms with van der Waals surface area (Å²) in [5.74, 6) is 0.880. The van der Waals surface area contributed by atoms with Gasteiger partial charge in [0.05, 0.1) is 7.11 Å². The van der Waals surface area contributed by atoms with Gasteiger partial charge >= 0.3 is 0 Å². The van der Waals surface area contributed by atoms with Gasteiger partial charge in [-0.2, -0.15) is 0 Å². The standard InChI is InChI=1S/C20H23N5O4S2/c1-3-21-19(26)15-9-10-16(29-2)17(13-15)31(27,28)22-11-12-30-20-23-18(24-25-20)14-7-5-4-6-8-14/h4-10,13,22H,3,11-12H2,1-2H3,(H,21,26)(H,23,24,25). The van der Waals surface area contributed by atoms with Crippen LogP contribution >= 0.6 is 11.8 Å². The van der Waals surface area contributed by atoms with E-state index in [1.807, 2.05) is 30.3 Å². The van der Waals surface area contributed by atoms with E-state index in [-0.39, 0.29) is 28.7 Å². The second kappa shape index (κ2) is 10.4. The molecule has 0 aliphatic heterocycles. The Labute approximate surface area is 185 Å². The molecule has 31 heavy (non-hydrogen) atoms. The van der Waals surface area contributed by atoms with Crippen molar-refractivity contribution in [2.75, 3.05) is 26.0 Å². The highest BCUT2D eigenvalue weighted by atomic mass is 32.2. The minimum Gasteiger partial charge on any atom is -0.495 e. The zero-order chi connectivity index (χ0) is 22.3. The molecule has 0 bridgehead atoms. The number of nitrogens with zero attached hydrogens (tertiary/aromatic N) is 2. The summed E-state index contributed by atoms with van der Waals surface area (Å²) in [4.78, 5) is 16.4. The van der Waals surface area contributed by atoms with Gasteiger partial charge < -0.3 is 10.1 Å². The Morgan fingerprint density at radius 3 is 2.68 bits per heavy atom. The molecule has 0 atom stereocenters. The number of H-pyrrole nitrogens is 1. The number of carbonyl (C=O) groups excluding carboxylic acids is 1. The van der Waals surface area contributed by atoms with Gasteiger partial charge in [-0.05, 0) is 25.1 Å². The van der Waals surface area contributed by atoms with Crippen LogP contribution in [0.25, 0.3) is 11.4 Å². The van der Waals surface area contributed by atoms with Gasteiger partial charge in [0.15, 0.2) is 5.82 Å². The molecular weight excluding hydrogens is 438 g/mol. The van der Waals surface area contributed by atoms with Crippen molar-refractivity contribution in [3.05, 3.63) is 54.1 Å². The number of carbonyl (C=O) groups is 1. The molecule has 9 nitrogen and oxygen atoms in total. The maximum absolute atomic E-state index is 12.8. The summed E-state index contributed by atoms with van der Waals surface area (Å²) in [6.07, 6.45) is 0. The Bertz CT molecular complexity index is 1130. The van der Waals surface area contributed by atoms with E-state index in [1.54, 1.807) is 6.92 Å². The number of hydrogen-bond acceptors (Lipinski definition) is 7. The number of nitrogens with one attached hydrogen (secondary N) is 3. The van der Waals surface area contributed by atoms with Crippen molar-refractivity contribution in [1.82, 2.24) is 25.2 Å². The summed E-state index contributed by atoms with van der Waals surface area (Å²) >= 11 is 1.32. The number of aromatic nitrogens is 3. The molecule has 0 saturated heterocycles. The lowest BCUT2D eigenvalue weighted by molar-refractivity contribution is 0.0955. The van der Waals surface area contributed by atoms with Gasteiger partial charge in [-0.15, -0.1) is 5.10 Å². The van der Waals surface area contributed by atoms with Crippen molar-refractivity contribution in [1.29, 1.82) is 0 Å². The largest absolute Gasteiger partial charge is 0.495 e. The van der Waals surface area contributed by atoms with Gasteiger partial charge in [0.2, 0.25) is 15.2 Å². The first-order valence-corrected chi connectivity index (χ1v) is 12.0. The molecule has 0 aliphatic rings. The first kappa shape index (κ1) is 22.8. The summed E-state index contributed by atoms with van der Waals surface area (Å²) in [7, 11) is -2.50. The molecule has 0 saturated carbocycles. The van der Waals surface area contributed by atoms with E-state index in [4.69, 9.17) is 4.74 Å². The van der Waals surface area contributed by atoms with Crippen LogP contribution in [0.5, 0.6) is 5.75 Å². The second-order valence-electron chi connectivity index (χ2n) is 6.30. The third-order valence-corrected chi connectivity index (χ3v) is 6.52. The fourth-order valence-electron chi connectivity index (χ4n) is 2.72. The minimum absolute atomic E-state index is 0.0898. The van der Waals surface area contributed by atoms with Crippen LogP contribution in [0, 0.1) is 0 Å². The minimum atomic E-state index is -3.88. The van der Waals surface area contributed by atoms with Crippen LogP contribution in [0.4, 0.5) is 0 Å². The molecule has 3 N–H and O–H groups in total. The van der Waals surface area contributed by atoms with Crippen LogP contribution in [0.1, 0.15) is 17.3 Å². The zero-order valence-corrected chi connectivity index (χ0v) is 18.7. The van der Waals surface area contributed by atoms with Crippen molar-refractivity contribution in [3.63, 3.8) is 0 Å². The average Bonchev–Trinajstić information content (AvgIpc) is 3.26. The first-order valence-electron chi connectivity index (χ1n) is 9.51. The van der Waals surface area contributed by atoms with Gasteiger partial charge in [-0.1, -0.05) is 42.1 Å². The van der Waals surface area contributed by atoms with Crippen LogP contribution in [0.2, 0.25) is 0 Å². The number of ether oxygens (including phenoxy) is 1. The number of thioether (sulfide) groups is 1. The Hall–Kier alpha value is -2.89. The number of amides is 1. The highest BCUT2D eigenvalue weighted by molar-refractivity contribution is 7.99. The number of aromatic amines is 1. The number of sulfonamides is 1. The van der Waals surface area contributed by atoms with Crippen molar-refractivity contribution in [2.45, 2.75) is 17.0 Å². The summed E-state index contributed by atoms with van der Waals surface area (Å²) in [5.41, 5.74) is 1.16. The molecule has 1 heterocycles. The van der Waals surface area contributed by atoms with Gasteiger partial charge in [0.1, 0.15) is 10.6 Å². The fraction of sp³-hybridized carbons (Fsp3) is 0.250. The second-order valence-corrected chi connectivity index (χ2v) is 9.10. The molecule has 3 rings (SSSR count). The molecule has 1 amide bonds. The molecule has 0 aliphatic carbocycles. The van der Waals surface area contributed by atoms with Gasteiger partial charge in [0, 0.05) is 30.0 Å². The predicted octanol–water partition coefficient (Wildman–Crippen LogP) is 2.30. The topological polar surface area (TPSA) is 126 Å². The van der Waals surface area contributed by atoms with E-state index in [0.717, 1.165) is 5.56 Å². The van der Waals surface area contributed by atoms with E-state index in [2.05, 4.69) is 25.2 Å². The normalized spacial score (nSPS) is 11.3. The number of rotatable bonds is 10. The summed E-state index contributed by atoms with van der Waals surface area (Å²) in [6.45, 7) is 2.38. The Balaban J connectivity index is 1.62. The third kappa shape index (κ3) is 5.84. The van der Waals surface area contributed by atoms with Gasteiger partial charge in [0.25, 0.3) is 5.91 Å². The van der Waals surface area contributed by atoms with Crippen molar-refractivity contribution in [2.24, 2.45) is 0 Å². The average molecular weight is 462 g/mol. The quantitative estimate of drug-likeness (QED) is 0.312.